The molecule has 0 fully saturated rings. The highest BCUT2D eigenvalue weighted by atomic mass is 16.2. The quantitative estimate of drug-likeness (QED) is 0.306. The molecule has 0 aliphatic carbocycles. The standard InChI is InChI=1S/C2H5BN2O/c1-2(6)4-5-3/h5H,1H3,(H,4,6). The highest BCUT2D eigenvalue weighted by molar-refractivity contribution is 6.04. The maximum absolute atomic E-state index is 9.79. The lowest BCUT2D eigenvalue weighted by Gasteiger charge is -1.92. The smallest absolute Gasteiger partial charge is 0.229 e. The van der Waals surface area contributed by atoms with Gasteiger partial charge in [-0.3, -0.25) is 10.1 Å². The topological polar surface area (TPSA) is 41.1 Å². The Bertz CT molecular complexity index is 55.5. The number of amides is 1. The fraction of sp³-hybridized carbons (Fsp3) is 0.500. The lowest BCUT2D eigenvalue weighted by molar-refractivity contribution is -0.119. The second kappa shape index (κ2) is 2.72. The number of hydrazine groups is 1. The first-order valence-corrected chi connectivity index (χ1v) is 1.49. The van der Waals surface area contributed by atoms with E-state index < -0.39 is 0 Å². The Kier molecular flexibility index (Phi) is 2.49. The molecular formula is C2H5BN2O. The van der Waals surface area contributed by atoms with Crippen molar-refractivity contribution in [2.45, 2.75) is 6.92 Å². The molecule has 0 rings (SSSR count). The molecule has 0 spiro atoms. The summed E-state index contributed by atoms with van der Waals surface area (Å²) in [6, 6.07) is 0. The van der Waals surface area contributed by atoms with Crippen LogP contribution in [0.15, 0.2) is 0 Å². The van der Waals surface area contributed by atoms with Crippen LogP contribution in [0.4, 0.5) is 0 Å². The van der Waals surface area contributed by atoms with E-state index in [0.29, 0.717) is 0 Å². The van der Waals surface area contributed by atoms with Gasteiger partial charge >= 0.3 is 0 Å². The maximum Gasteiger partial charge on any atom is 0.229 e. The van der Waals surface area contributed by atoms with Crippen molar-refractivity contribution < 1.29 is 4.79 Å². The summed E-state index contributed by atoms with van der Waals surface area (Å²) in [5, 5.41) is 1.97. The Labute approximate surface area is 37.5 Å². The highest BCUT2D eigenvalue weighted by Gasteiger charge is 1.77. The minimum Gasteiger partial charge on any atom is -0.304 e. The average molecular weight is 83.9 g/mol. The second-order valence-electron chi connectivity index (χ2n) is 0.826. The van der Waals surface area contributed by atoms with E-state index in [1.807, 2.05) is 5.34 Å². The van der Waals surface area contributed by atoms with Gasteiger partial charge in [0, 0.05) is 6.92 Å². The molecule has 0 aromatic heterocycles. The van der Waals surface area contributed by atoms with Gasteiger partial charge in [-0.25, -0.2) is 0 Å². The summed E-state index contributed by atoms with van der Waals surface area (Å²) in [5.41, 5.74) is 2.10. The van der Waals surface area contributed by atoms with E-state index in [9.17, 15) is 4.79 Å². The van der Waals surface area contributed by atoms with Gasteiger partial charge in [0.05, 0.1) is 0 Å². The van der Waals surface area contributed by atoms with Gasteiger partial charge in [-0.1, -0.05) is 0 Å². The van der Waals surface area contributed by atoms with Crippen molar-refractivity contribution in [2.75, 3.05) is 0 Å². The van der Waals surface area contributed by atoms with Crippen LogP contribution in [-0.2, 0) is 4.79 Å². The van der Waals surface area contributed by atoms with E-state index in [4.69, 9.17) is 0 Å². The van der Waals surface area contributed by atoms with Crippen LogP contribution in [0.3, 0.4) is 0 Å². The molecule has 2 N–H and O–H groups in total. The Balaban J connectivity index is 2.83. The van der Waals surface area contributed by atoms with Crippen molar-refractivity contribution in [1.29, 1.82) is 0 Å². The summed E-state index contributed by atoms with van der Waals surface area (Å²) in [6.07, 6.45) is 0. The van der Waals surface area contributed by atoms with Gasteiger partial charge in [-0.15, -0.1) is 0 Å². The molecule has 0 aromatic carbocycles. The van der Waals surface area contributed by atoms with Crippen molar-refractivity contribution in [3.05, 3.63) is 0 Å². The molecule has 6 heavy (non-hydrogen) atoms. The molecule has 0 unspecified atom stereocenters. The molecule has 4 heteroatoms. The maximum atomic E-state index is 9.79. The molecule has 0 aromatic rings. The predicted molar refractivity (Wildman–Crippen MR) is 22.7 cm³/mol. The van der Waals surface area contributed by atoms with E-state index in [1.54, 1.807) is 0 Å². The lowest BCUT2D eigenvalue weighted by Crippen LogP contribution is -2.32. The van der Waals surface area contributed by atoms with Crippen LogP contribution < -0.4 is 10.8 Å². The van der Waals surface area contributed by atoms with Crippen LogP contribution in [-0.4, -0.2) is 13.9 Å². The molecule has 0 saturated carbocycles. The largest absolute Gasteiger partial charge is 0.304 e. The van der Waals surface area contributed by atoms with Gasteiger partial charge in [0.25, 0.3) is 0 Å². The lowest BCUT2D eigenvalue weighted by atomic mass is 10.5. The van der Waals surface area contributed by atoms with Crippen molar-refractivity contribution in [3.63, 3.8) is 0 Å². The zero-order valence-electron chi connectivity index (χ0n) is 3.49. The first-order chi connectivity index (χ1) is 2.77. The Morgan fingerprint density at radius 1 is 1.83 bits per heavy atom. The molecule has 0 aliphatic rings. The molecule has 0 aliphatic heterocycles. The minimum atomic E-state index is -0.197. The van der Waals surface area contributed by atoms with Crippen LogP contribution >= 0.6 is 0 Å². The van der Waals surface area contributed by atoms with Crippen LogP contribution in [0.5, 0.6) is 0 Å². The van der Waals surface area contributed by atoms with E-state index in [-0.39, 0.29) is 5.91 Å². The van der Waals surface area contributed by atoms with Crippen LogP contribution in [0, 0.1) is 0 Å². The van der Waals surface area contributed by atoms with Crippen molar-refractivity contribution in [2.24, 2.45) is 0 Å². The molecule has 0 atom stereocenters. The van der Waals surface area contributed by atoms with Crippen LogP contribution in [0.25, 0.3) is 0 Å². The summed E-state index contributed by atoms with van der Waals surface area (Å²) >= 11 is 0. The molecule has 32 valence electrons. The fourth-order valence-electron chi connectivity index (χ4n) is 0.102. The summed E-state index contributed by atoms with van der Waals surface area (Å²) in [5.74, 6) is -0.197. The second-order valence-corrected chi connectivity index (χ2v) is 0.826. The summed E-state index contributed by atoms with van der Waals surface area (Å²) in [4.78, 5) is 9.79. The number of nitrogens with one attached hydrogen (secondary N) is 2. The summed E-state index contributed by atoms with van der Waals surface area (Å²) in [7, 11) is 4.65. The van der Waals surface area contributed by atoms with Gasteiger partial charge in [-0.2, -0.15) is 0 Å². The zero-order chi connectivity index (χ0) is 4.99. The van der Waals surface area contributed by atoms with Gasteiger partial charge in [0.2, 0.25) is 13.9 Å². The van der Waals surface area contributed by atoms with Crippen molar-refractivity contribution in [1.82, 2.24) is 10.8 Å². The van der Waals surface area contributed by atoms with Gasteiger partial charge < -0.3 is 5.43 Å². The summed E-state index contributed by atoms with van der Waals surface area (Å²) < 4.78 is 0. The number of rotatable bonds is 1. The fourth-order valence-corrected chi connectivity index (χ4v) is 0.102. The van der Waals surface area contributed by atoms with E-state index in [1.165, 1.54) is 6.92 Å². The summed E-state index contributed by atoms with van der Waals surface area (Å²) in [6.45, 7) is 1.36. The number of hydrogen-bond acceptors (Lipinski definition) is 2. The number of carbonyl (C=O) groups is 1. The van der Waals surface area contributed by atoms with Crippen LogP contribution in [0.2, 0.25) is 0 Å². The molecule has 0 heterocycles. The molecule has 2 radical (unpaired) electrons. The average Bonchev–Trinajstić information content (AvgIpc) is 1.35. The molecule has 0 saturated heterocycles. The third-order valence-electron chi connectivity index (χ3n) is 0.248. The normalized spacial score (nSPS) is 7.50. The molecule has 3 nitrogen and oxygen atoms in total. The van der Waals surface area contributed by atoms with E-state index >= 15 is 0 Å². The first-order valence-electron chi connectivity index (χ1n) is 1.49. The van der Waals surface area contributed by atoms with Crippen molar-refractivity contribution >= 4 is 13.9 Å². The number of hydrogen-bond donors (Lipinski definition) is 2. The van der Waals surface area contributed by atoms with E-state index in [0.717, 1.165) is 0 Å². The van der Waals surface area contributed by atoms with Gasteiger partial charge in [-0.05, 0) is 0 Å². The molecule has 0 bridgehead atoms. The Morgan fingerprint density at radius 3 is 2.33 bits per heavy atom. The SMILES string of the molecule is [B]NNC(C)=O. The third-order valence-corrected chi connectivity index (χ3v) is 0.248. The monoisotopic (exact) mass is 84.0 g/mol. The highest BCUT2D eigenvalue weighted by Crippen LogP contribution is 1.45. The Morgan fingerprint density at radius 2 is 2.33 bits per heavy atom. The van der Waals surface area contributed by atoms with Crippen LogP contribution in [0.1, 0.15) is 6.92 Å². The molecular weight excluding hydrogens is 78.8 g/mol. The molecule has 1 amide bonds. The predicted octanol–water partition coefficient (Wildman–Crippen LogP) is -1.29. The van der Waals surface area contributed by atoms with Crippen molar-refractivity contribution in [3.8, 4) is 0 Å². The Hall–Kier alpha value is -0.505. The van der Waals surface area contributed by atoms with E-state index in [2.05, 4.69) is 13.4 Å². The first kappa shape index (κ1) is 5.49. The number of carbonyl (C=O) groups excluding carboxylic acids is 1. The van der Waals surface area contributed by atoms with Gasteiger partial charge in [0.1, 0.15) is 0 Å². The van der Waals surface area contributed by atoms with Gasteiger partial charge in [0.15, 0.2) is 0 Å². The minimum absolute atomic E-state index is 0.197. The zero-order valence-corrected chi connectivity index (χ0v) is 3.49. The third kappa shape index (κ3) is 3.49.